The van der Waals surface area contributed by atoms with Crippen LogP contribution in [-0.4, -0.2) is 33.6 Å². The van der Waals surface area contributed by atoms with Crippen LogP contribution < -0.4 is 5.32 Å². The Balaban J connectivity index is 1.71. The van der Waals surface area contributed by atoms with Crippen molar-refractivity contribution in [3.63, 3.8) is 0 Å². The molecule has 2 aromatic rings. The number of hydrogen-bond acceptors (Lipinski definition) is 5. The molecule has 3 rings (SSSR count). The Labute approximate surface area is 160 Å². The lowest BCUT2D eigenvalue weighted by Gasteiger charge is -2.14. The summed E-state index contributed by atoms with van der Waals surface area (Å²) in [6.45, 7) is 3.48. The molecule has 0 saturated carbocycles. The fourth-order valence-electron chi connectivity index (χ4n) is 2.69. The molecule has 138 valence electrons. The number of nitrogens with one attached hydrogen (secondary N) is 1. The smallest absolute Gasteiger partial charge is 0.294 e. The van der Waals surface area contributed by atoms with E-state index in [0.717, 1.165) is 27.8 Å². The van der Waals surface area contributed by atoms with E-state index in [2.05, 4.69) is 5.32 Å². The lowest BCUT2D eigenvalue weighted by Crippen LogP contribution is -2.36. The average Bonchev–Trinajstić information content (AvgIpc) is 2.85. The number of anilines is 1. The Hall–Kier alpha value is -3.06. The molecule has 6 nitrogen and oxygen atoms in total. The highest BCUT2D eigenvalue weighted by Gasteiger charge is 2.36. The van der Waals surface area contributed by atoms with Crippen molar-refractivity contribution in [1.82, 2.24) is 4.90 Å². The van der Waals surface area contributed by atoms with Crippen LogP contribution in [0.15, 0.2) is 47.4 Å². The van der Waals surface area contributed by atoms with Crippen LogP contribution in [-0.2, 0) is 9.59 Å². The van der Waals surface area contributed by atoms with Crippen molar-refractivity contribution in [3.05, 3.63) is 64.1 Å². The fourth-order valence-corrected chi connectivity index (χ4v) is 3.53. The Morgan fingerprint density at radius 3 is 2.67 bits per heavy atom. The predicted molar refractivity (Wildman–Crippen MR) is 105 cm³/mol. The van der Waals surface area contributed by atoms with Crippen molar-refractivity contribution in [2.45, 2.75) is 13.8 Å². The number of phenolic OH excluding ortho intramolecular Hbond substituents is 1. The van der Waals surface area contributed by atoms with Crippen molar-refractivity contribution >= 4 is 40.6 Å². The summed E-state index contributed by atoms with van der Waals surface area (Å²) in [6.07, 6.45) is 1.52. The van der Waals surface area contributed by atoms with Gasteiger partial charge in [-0.1, -0.05) is 29.8 Å². The Kier molecular flexibility index (Phi) is 5.32. The van der Waals surface area contributed by atoms with Gasteiger partial charge < -0.3 is 10.4 Å². The molecule has 3 amide bonds. The van der Waals surface area contributed by atoms with Crippen LogP contribution in [0.3, 0.4) is 0 Å². The van der Waals surface area contributed by atoms with Crippen LogP contribution in [0.5, 0.6) is 5.75 Å². The number of imide groups is 1. The van der Waals surface area contributed by atoms with E-state index in [1.165, 1.54) is 18.2 Å². The zero-order valence-corrected chi connectivity index (χ0v) is 15.7. The van der Waals surface area contributed by atoms with E-state index in [9.17, 15) is 19.5 Å². The molecule has 0 atom stereocenters. The van der Waals surface area contributed by atoms with Crippen LogP contribution in [0.2, 0.25) is 0 Å². The molecular formula is C20H18N2O4S. The molecule has 0 aliphatic carbocycles. The molecule has 1 aliphatic rings. The van der Waals surface area contributed by atoms with Gasteiger partial charge in [0, 0.05) is 5.69 Å². The number of benzene rings is 2. The number of thioether (sulfide) groups is 1. The van der Waals surface area contributed by atoms with Gasteiger partial charge in [0.25, 0.3) is 11.1 Å². The Morgan fingerprint density at radius 2 is 1.96 bits per heavy atom. The van der Waals surface area contributed by atoms with Gasteiger partial charge in [-0.25, -0.2) is 0 Å². The summed E-state index contributed by atoms with van der Waals surface area (Å²) >= 11 is 0.773. The summed E-state index contributed by atoms with van der Waals surface area (Å²) in [6, 6.07) is 12.0. The second-order valence-electron chi connectivity index (χ2n) is 6.23. The second kappa shape index (κ2) is 7.67. The highest BCUT2D eigenvalue weighted by Crippen LogP contribution is 2.32. The highest BCUT2D eigenvalue weighted by molar-refractivity contribution is 8.18. The molecule has 0 aromatic heterocycles. The minimum Gasteiger partial charge on any atom is -0.508 e. The number of hydrogen-bond donors (Lipinski definition) is 2. The second-order valence-corrected chi connectivity index (χ2v) is 7.22. The summed E-state index contributed by atoms with van der Waals surface area (Å²) in [7, 11) is 0. The summed E-state index contributed by atoms with van der Waals surface area (Å²) in [5.41, 5.74) is 3.22. The third-order valence-corrected chi connectivity index (χ3v) is 4.91. The van der Waals surface area contributed by atoms with Gasteiger partial charge >= 0.3 is 0 Å². The molecule has 0 unspecified atom stereocenters. The summed E-state index contributed by atoms with van der Waals surface area (Å²) < 4.78 is 0. The molecule has 1 heterocycles. The van der Waals surface area contributed by atoms with Gasteiger partial charge in [-0.3, -0.25) is 19.3 Å². The van der Waals surface area contributed by atoms with Gasteiger partial charge in [0.05, 0.1) is 4.91 Å². The van der Waals surface area contributed by atoms with E-state index in [-0.39, 0.29) is 17.2 Å². The van der Waals surface area contributed by atoms with Gasteiger partial charge in [0.2, 0.25) is 5.91 Å². The maximum Gasteiger partial charge on any atom is 0.294 e. The summed E-state index contributed by atoms with van der Waals surface area (Å²) in [5.74, 6) is -0.900. The monoisotopic (exact) mass is 382 g/mol. The maximum absolute atomic E-state index is 12.5. The van der Waals surface area contributed by atoms with Crippen molar-refractivity contribution in [2.24, 2.45) is 0 Å². The van der Waals surface area contributed by atoms with Gasteiger partial charge in [-0.2, -0.15) is 0 Å². The molecule has 0 radical (unpaired) electrons. The van der Waals surface area contributed by atoms with E-state index in [0.29, 0.717) is 11.3 Å². The number of carbonyl (C=O) groups excluding carboxylic acids is 3. The van der Waals surface area contributed by atoms with Gasteiger partial charge in [0.15, 0.2) is 0 Å². The maximum atomic E-state index is 12.5. The van der Waals surface area contributed by atoms with E-state index in [4.69, 9.17) is 0 Å². The first-order valence-electron chi connectivity index (χ1n) is 8.25. The molecule has 1 aliphatic heterocycles. The van der Waals surface area contributed by atoms with Gasteiger partial charge in [-0.15, -0.1) is 0 Å². The first-order chi connectivity index (χ1) is 12.8. The molecular weight excluding hydrogens is 364 g/mol. The zero-order chi connectivity index (χ0) is 19.6. The first-order valence-corrected chi connectivity index (χ1v) is 9.06. The van der Waals surface area contributed by atoms with Crippen LogP contribution >= 0.6 is 11.8 Å². The van der Waals surface area contributed by atoms with Gasteiger partial charge in [-0.05, 0) is 61.0 Å². The number of nitrogens with zero attached hydrogens (tertiary/aromatic N) is 1. The normalized spacial score (nSPS) is 15.5. The molecule has 2 N–H and O–H groups in total. The zero-order valence-electron chi connectivity index (χ0n) is 14.9. The van der Waals surface area contributed by atoms with Crippen LogP contribution in [0.1, 0.15) is 16.7 Å². The number of rotatable bonds is 4. The topological polar surface area (TPSA) is 86.7 Å². The van der Waals surface area contributed by atoms with E-state index < -0.39 is 17.1 Å². The van der Waals surface area contributed by atoms with Crippen molar-refractivity contribution in [2.75, 3.05) is 11.9 Å². The van der Waals surface area contributed by atoms with Crippen LogP contribution in [0.25, 0.3) is 6.08 Å². The lowest BCUT2D eigenvalue weighted by atomic mass is 10.1. The largest absolute Gasteiger partial charge is 0.508 e. The van der Waals surface area contributed by atoms with E-state index in [1.807, 2.05) is 26.0 Å². The molecule has 0 spiro atoms. The molecule has 2 aromatic carbocycles. The predicted octanol–water partition coefficient (Wildman–Crippen LogP) is 3.68. The third kappa shape index (κ3) is 4.38. The minimum atomic E-state index is -0.524. The van der Waals surface area contributed by atoms with E-state index >= 15 is 0 Å². The quantitative estimate of drug-likeness (QED) is 0.788. The minimum absolute atomic E-state index is 0.0656. The fraction of sp³-hybridized carbons (Fsp3) is 0.150. The number of aromatic hydroxyl groups is 1. The molecule has 1 fully saturated rings. The molecule has 1 saturated heterocycles. The number of aryl methyl sites for hydroxylation is 2. The standard InChI is InChI=1S/C20H18N2O4S/c1-12-6-7-16(13(2)8-12)21-18(24)11-22-19(25)17(27-20(22)26)10-14-4-3-5-15(23)9-14/h3-10,23H,11H2,1-2H3,(H,21,24)/b17-10+. The van der Waals surface area contributed by atoms with Crippen molar-refractivity contribution in [1.29, 1.82) is 0 Å². The molecule has 7 heteroatoms. The SMILES string of the molecule is Cc1ccc(NC(=O)CN2C(=O)S/C(=C/c3cccc(O)c3)C2=O)c(C)c1. The van der Waals surface area contributed by atoms with Crippen molar-refractivity contribution in [3.8, 4) is 5.75 Å². The summed E-state index contributed by atoms with van der Waals surface area (Å²) in [5, 5.41) is 11.7. The lowest BCUT2D eigenvalue weighted by molar-refractivity contribution is -0.127. The number of phenols is 1. The number of carbonyl (C=O) groups is 3. The third-order valence-electron chi connectivity index (χ3n) is 4.00. The van der Waals surface area contributed by atoms with E-state index in [1.54, 1.807) is 18.2 Å². The Morgan fingerprint density at radius 1 is 1.19 bits per heavy atom. The van der Waals surface area contributed by atoms with Crippen LogP contribution in [0, 0.1) is 13.8 Å². The van der Waals surface area contributed by atoms with Gasteiger partial charge in [0.1, 0.15) is 12.3 Å². The molecule has 0 bridgehead atoms. The highest BCUT2D eigenvalue weighted by atomic mass is 32.2. The van der Waals surface area contributed by atoms with Crippen molar-refractivity contribution < 1.29 is 19.5 Å². The summed E-state index contributed by atoms with van der Waals surface area (Å²) in [4.78, 5) is 38.0. The number of amides is 3. The first kappa shape index (κ1) is 18.7. The molecule has 27 heavy (non-hydrogen) atoms. The Bertz CT molecular complexity index is 968. The van der Waals surface area contributed by atoms with Crippen LogP contribution in [0.4, 0.5) is 10.5 Å². The average molecular weight is 382 g/mol.